The lowest BCUT2D eigenvalue weighted by Gasteiger charge is -2.60. The van der Waals surface area contributed by atoms with Crippen LogP contribution in [0.2, 0.25) is 5.02 Å². The molecule has 0 aliphatic carbocycles. The molecule has 0 saturated carbocycles. The standard InChI is InChI=1S/C30H32ClN5O/c1-19(2)27(23-6-4-5-7-25(23)31)32-29(37)21-10-13-26-24(14-21)28(34-33-26)20-8-11-22(12-9-20)36-17-30(18-36)15-35(3)16-30/h4-14,19,27H,15-18H2,1-3H3,(H,32,37)(H,33,34)/t27-/m0/s1. The summed E-state index contributed by atoms with van der Waals surface area (Å²) in [6.07, 6.45) is 0. The van der Waals surface area contributed by atoms with Crippen molar-refractivity contribution in [3.8, 4) is 11.3 Å². The highest BCUT2D eigenvalue weighted by Gasteiger charge is 2.50. The molecule has 37 heavy (non-hydrogen) atoms. The maximum atomic E-state index is 13.3. The lowest BCUT2D eigenvalue weighted by Crippen LogP contribution is -2.71. The van der Waals surface area contributed by atoms with Gasteiger partial charge < -0.3 is 15.1 Å². The Bertz CT molecular complexity index is 1450. The van der Waals surface area contributed by atoms with E-state index >= 15 is 0 Å². The second-order valence-corrected chi connectivity index (χ2v) is 11.5. The van der Waals surface area contributed by atoms with E-state index in [0.29, 0.717) is 16.0 Å². The van der Waals surface area contributed by atoms with Crippen LogP contribution in [-0.4, -0.2) is 54.2 Å². The molecule has 3 heterocycles. The van der Waals surface area contributed by atoms with Gasteiger partial charge in [0.1, 0.15) is 0 Å². The normalized spacial score (nSPS) is 17.6. The van der Waals surface area contributed by atoms with Crippen molar-refractivity contribution < 1.29 is 4.79 Å². The number of halogens is 1. The van der Waals surface area contributed by atoms with E-state index in [9.17, 15) is 4.79 Å². The molecule has 2 fully saturated rings. The van der Waals surface area contributed by atoms with E-state index in [1.54, 1.807) is 0 Å². The van der Waals surface area contributed by atoms with Crippen molar-refractivity contribution in [2.75, 3.05) is 38.1 Å². The van der Waals surface area contributed by atoms with Crippen LogP contribution in [0.1, 0.15) is 35.8 Å². The van der Waals surface area contributed by atoms with Crippen LogP contribution in [0.3, 0.4) is 0 Å². The first-order chi connectivity index (χ1) is 17.8. The van der Waals surface area contributed by atoms with Crippen molar-refractivity contribution in [2.24, 2.45) is 11.3 Å². The van der Waals surface area contributed by atoms with Crippen LogP contribution in [0, 0.1) is 11.3 Å². The number of hydrogen-bond donors (Lipinski definition) is 2. The quantitative estimate of drug-likeness (QED) is 0.344. The molecule has 1 aromatic heterocycles. The summed E-state index contributed by atoms with van der Waals surface area (Å²) in [4.78, 5) is 18.2. The fraction of sp³-hybridized carbons (Fsp3) is 0.333. The number of likely N-dealkylation sites (tertiary alicyclic amines) is 1. The summed E-state index contributed by atoms with van der Waals surface area (Å²) in [5.41, 5.74) is 6.06. The number of rotatable bonds is 6. The highest BCUT2D eigenvalue weighted by atomic mass is 35.5. The predicted molar refractivity (Wildman–Crippen MR) is 150 cm³/mol. The van der Waals surface area contributed by atoms with Crippen molar-refractivity contribution in [3.05, 3.63) is 82.9 Å². The summed E-state index contributed by atoms with van der Waals surface area (Å²) >= 11 is 6.45. The molecule has 190 valence electrons. The molecule has 0 unspecified atom stereocenters. The summed E-state index contributed by atoms with van der Waals surface area (Å²) < 4.78 is 0. The fourth-order valence-electron chi connectivity index (χ4n) is 6.01. The third kappa shape index (κ3) is 4.38. The maximum Gasteiger partial charge on any atom is 0.251 e. The van der Waals surface area contributed by atoms with Gasteiger partial charge in [-0.15, -0.1) is 0 Å². The number of benzene rings is 3. The lowest BCUT2D eigenvalue weighted by atomic mass is 9.73. The smallest absolute Gasteiger partial charge is 0.251 e. The molecule has 2 saturated heterocycles. The van der Waals surface area contributed by atoms with Crippen LogP contribution in [0.5, 0.6) is 0 Å². The van der Waals surface area contributed by atoms with Crippen molar-refractivity contribution in [3.63, 3.8) is 0 Å². The van der Waals surface area contributed by atoms with Crippen LogP contribution in [0.15, 0.2) is 66.7 Å². The Balaban J connectivity index is 1.22. The monoisotopic (exact) mass is 513 g/mol. The number of carbonyl (C=O) groups is 1. The van der Waals surface area contributed by atoms with Crippen LogP contribution in [0.25, 0.3) is 22.2 Å². The zero-order valence-electron chi connectivity index (χ0n) is 21.5. The molecule has 0 bridgehead atoms. The van der Waals surface area contributed by atoms with Crippen LogP contribution in [0.4, 0.5) is 5.69 Å². The number of aromatic amines is 1. The topological polar surface area (TPSA) is 64.3 Å². The van der Waals surface area contributed by atoms with E-state index in [2.05, 4.69) is 70.5 Å². The molecule has 1 amide bonds. The Kier molecular flexibility index (Phi) is 5.97. The first kappa shape index (κ1) is 24.0. The molecule has 4 aromatic rings. The van der Waals surface area contributed by atoms with Gasteiger partial charge >= 0.3 is 0 Å². The van der Waals surface area contributed by atoms with Gasteiger partial charge in [0, 0.05) is 58.8 Å². The van der Waals surface area contributed by atoms with Gasteiger partial charge in [0.2, 0.25) is 0 Å². The first-order valence-electron chi connectivity index (χ1n) is 12.9. The lowest BCUT2D eigenvalue weighted by molar-refractivity contribution is -0.00238. The Morgan fingerprint density at radius 2 is 1.76 bits per heavy atom. The van der Waals surface area contributed by atoms with Gasteiger partial charge in [0.25, 0.3) is 5.91 Å². The van der Waals surface area contributed by atoms with Gasteiger partial charge in [-0.05, 0) is 54.9 Å². The van der Waals surface area contributed by atoms with E-state index in [-0.39, 0.29) is 17.9 Å². The van der Waals surface area contributed by atoms with Crippen molar-refractivity contribution >= 4 is 34.1 Å². The van der Waals surface area contributed by atoms with E-state index in [1.165, 1.54) is 18.8 Å². The summed E-state index contributed by atoms with van der Waals surface area (Å²) in [7, 11) is 2.19. The van der Waals surface area contributed by atoms with Gasteiger partial charge in [-0.3, -0.25) is 9.89 Å². The van der Waals surface area contributed by atoms with Gasteiger partial charge in [-0.25, -0.2) is 0 Å². The summed E-state index contributed by atoms with van der Waals surface area (Å²) in [6, 6.07) is 21.8. The Morgan fingerprint density at radius 3 is 2.43 bits per heavy atom. The van der Waals surface area contributed by atoms with Gasteiger partial charge in [0.05, 0.1) is 17.3 Å². The first-order valence-corrected chi connectivity index (χ1v) is 13.3. The molecule has 2 aliphatic heterocycles. The molecular weight excluding hydrogens is 482 g/mol. The Labute approximate surface area is 222 Å². The molecule has 3 aromatic carbocycles. The second-order valence-electron chi connectivity index (χ2n) is 11.1. The largest absolute Gasteiger partial charge is 0.370 e. The summed E-state index contributed by atoms with van der Waals surface area (Å²) in [6.45, 7) is 8.83. The Morgan fingerprint density at radius 1 is 1.03 bits per heavy atom. The van der Waals surface area contributed by atoms with E-state index in [0.717, 1.165) is 40.8 Å². The third-order valence-corrected chi connectivity index (χ3v) is 8.13. The predicted octanol–water partition coefficient (Wildman–Crippen LogP) is 5.76. The molecule has 2 N–H and O–H groups in total. The Hall–Kier alpha value is -3.35. The highest BCUT2D eigenvalue weighted by molar-refractivity contribution is 6.31. The zero-order chi connectivity index (χ0) is 25.7. The van der Waals surface area contributed by atoms with Gasteiger partial charge in [0.15, 0.2) is 0 Å². The molecular formula is C30H32ClN5O. The summed E-state index contributed by atoms with van der Waals surface area (Å²) in [5, 5.41) is 12.5. The van der Waals surface area contributed by atoms with E-state index < -0.39 is 0 Å². The van der Waals surface area contributed by atoms with Gasteiger partial charge in [-0.1, -0.05) is 55.8 Å². The molecule has 2 aliphatic rings. The number of carbonyl (C=O) groups excluding carboxylic acids is 1. The number of H-pyrrole nitrogens is 1. The number of aromatic nitrogens is 2. The van der Waals surface area contributed by atoms with E-state index in [1.807, 2.05) is 42.5 Å². The molecule has 1 spiro atoms. The number of nitrogens with one attached hydrogen (secondary N) is 2. The van der Waals surface area contributed by atoms with E-state index in [4.69, 9.17) is 11.6 Å². The number of fused-ring (bicyclic) bond motifs is 1. The number of amides is 1. The van der Waals surface area contributed by atoms with Gasteiger partial charge in [-0.2, -0.15) is 5.10 Å². The van der Waals surface area contributed by atoms with Crippen LogP contribution in [-0.2, 0) is 0 Å². The SMILES string of the molecule is CC(C)[C@H](NC(=O)c1ccc2[nH]nc(-c3ccc(N4CC5(CN(C)C5)C4)cc3)c2c1)c1ccccc1Cl. The minimum atomic E-state index is -0.186. The molecule has 0 radical (unpaired) electrons. The van der Waals surface area contributed by atoms with Crippen LogP contribution >= 0.6 is 11.6 Å². The average molecular weight is 514 g/mol. The van der Waals surface area contributed by atoms with Crippen LogP contribution < -0.4 is 10.2 Å². The van der Waals surface area contributed by atoms with Crippen molar-refractivity contribution in [1.82, 2.24) is 20.4 Å². The number of hydrogen-bond acceptors (Lipinski definition) is 4. The number of nitrogens with zero attached hydrogens (tertiary/aromatic N) is 3. The molecule has 1 atom stereocenters. The minimum absolute atomic E-state index is 0.128. The average Bonchev–Trinajstić information content (AvgIpc) is 3.27. The number of anilines is 1. The molecule has 6 nitrogen and oxygen atoms in total. The molecule has 6 rings (SSSR count). The zero-order valence-corrected chi connectivity index (χ0v) is 22.2. The maximum absolute atomic E-state index is 13.3. The van der Waals surface area contributed by atoms with Crippen molar-refractivity contribution in [2.45, 2.75) is 19.9 Å². The minimum Gasteiger partial charge on any atom is -0.370 e. The highest BCUT2D eigenvalue weighted by Crippen LogP contribution is 2.41. The van der Waals surface area contributed by atoms with Crippen molar-refractivity contribution in [1.29, 1.82) is 0 Å². The summed E-state index contributed by atoms with van der Waals surface area (Å²) in [5.74, 6) is 0.0541. The molecule has 7 heteroatoms. The fourth-order valence-corrected chi connectivity index (χ4v) is 6.26. The second kappa shape index (κ2) is 9.19. The third-order valence-electron chi connectivity index (χ3n) is 7.79.